The Bertz CT molecular complexity index is 725. The van der Waals surface area contributed by atoms with Crippen LogP contribution in [0.2, 0.25) is 5.02 Å². The molecule has 120 valence electrons. The molecule has 23 heavy (non-hydrogen) atoms. The van der Waals surface area contributed by atoms with E-state index in [1.54, 1.807) is 17.8 Å². The predicted molar refractivity (Wildman–Crippen MR) is 94.0 cm³/mol. The summed E-state index contributed by atoms with van der Waals surface area (Å²) >= 11 is 7.52. The highest BCUT2D eigenvalue weighted by Gasteiger charge is 2.18. The van der Waals surface area contributed by atoms with Crippen molar-refractivity contribution in [2.75, 3.05) is 29.1 Å². The Kier molecular flexibility index (Phi) is 5.08. The summed E-state index contributed by atoms with van der Waals surface area (Å²) in [6, 6.07) is 12.3. The van der Waals surface area contributed by atoms with Gasteiger partial charge in [-0.1, -0.05) is 23.7 Å². The third-order valence-electron chi connectivity index (χ3n) is 3.58. The Hall–Kier alpha value is -1.72. The number of nitrogens with zero attached hydrogens (tertiary/aromatic N) is 1. The van der Waals surface area contributed by atoms with Crippen molar-refractivity contribution in [1.82, 2.24) is 0 Å². The van der Waals surface area contributed by atoms with Crippen LogP contribution in [0.3, 0.4) is 0 Å². The fraction of sp³-hybridized carbons (Fsp3) is 0.235. The van der Waals surface area contributed by atoms with Gasteiger partial charge in [-0.2, -0.15) is 0 Å². The average molecular weight is 351 g/mol. The van der Waals surface area contributed by atoms with E-state index in [1.807, 2.05) is 23.1 Å². The van der Waals surface area contributed by atoms with E-state index < -0.39 is 5.82 Å². The van der Waals surface area contributed by atoms with Gasteiger partial charge in [-0.25, -0.2) is 4.39 Å². The van der Waals surface area contributed by atoms with Gasteiger partial charge in [0.15, 0.2) is 0 Å². The van der Waals surface area contributed by atoms with Crippen LogP contribution in [0.5, 0.6) is 0 Å². The van der Waals surface area contributed by atoms with E-state index in [-0.39, 0.29) is 18.1 Å². The van der Waals surface area contributed by atoms with Crippen molar-refractivity contribution < 1.29 is 9.18 Å². The van der Waals surface area contributed by atoms with Crippen LogP contribution in [-0.2, 0) is 4.79 Å². The number of thioether (sulfide) groups is 1. The van der Waals surface area contributed by atoms with Gasteiger partial charge in [-0.05, 0) is 42.5 Å². The summed E-state index contributed by atoms with van der Waals surface area (Å²) in [6.45, 7) is 1.00. The monoisotopic (exact) mass is 350 g/mol. The molecule has 0 aromatic heterocycles. The first-order valence-electron chi connectivity index (χ1n) is 7.35. The highest BCUT2D eigenvalue weighted by atomic mass is 35.5. The number of amides is 1. The number of hydrogen-bond donors (Lipinski definition) is 1. The average Bonchev–Trinajstić information content (AvgIpc) is 2.73. The molecule has 1 N–H and O–H groups in total. The van der Waals surface area contributed by atoms with E-state index in [0.29, 0.717) is 5.02 Å². The number of carbonyl (C=O) groups is 1. The second-order valence-corrected chi connectivity index (χ2v) is 6.84. The highest BCUT2D eigenvalue weighted by molar-refractivity contribution is 7.99. The number of rotatable bonds is 3. The van der Waals surface area contributed by atoms with Crippen molar-refractivity contribution in [2.24, 2.45) is 0 Å². The standard InChI is InChI=1S/C17H16ClFN2OS/c18-12-6-7-14(13(19)10-12)20-17(22)11-21-8-3-9-23-16-5-2-1-4-15(16)21/h1-2,4-7,10H,3,8-9,11H2,(H,20,22). The van der Waals surface area contributed by atoms with Crippen molar-refractivity contribution >= 4 is 40.6 Å². The summed E-state index contributed by atoms with van der Waals surface area (Å²) < 4.78 is 13.8. The van der Waals surface area contributed by atoms with Crippen LogP contribution in [-0.4, -0.2) is 24.7 Å². The van der Waals surface area contributed by atoms with Crippen LogP contribution in [0.4, 0.5) is 15.8 Å². The first kappa shape index (κ1) is 16.1. The molecule has 0 unspecified atom stereocenters. The smallest absolute Gasteiger partial charge is 0.243 e. The summed E-state index contributed by atoms with van der Waals surface area (Å²) in [5.74, 6) is 0.256. The highest BCUT2D eigenvalue weighted by Crippen LogP contribution is 2.33. The second kappa shape index (κ2) is 7.23. The zero-order valence-corrected chi connectivity index (χ0v) is 14.0. The zero-order chi connectivity index (χ0) is 16.2. The van der Waals surface area contributed by atoms with Crippen LogP contribution in [0, 0.1) is 5.82 Å². The van der Waals surface area contributed by atoms with Gasteiger partial charge in [0.1, 0.15) is 5.82 Å². The Morgan fingerprint density at radius 3 is 2.96 bits per heavy atom. The second-order valence-electron chi connectivity index (χ2n) is 5.26. The molecule has 2 aromatic carbocycles. The fourth-order valence-corrected chi connectivity index (χ4v) is 3.69. The van der Waals surface area contributed by atoms with Crippen molar-refractivity contribution in [3.8, 4) is 0 Å². The van der Waals surface area contributed by atoms with Crippen LogP contribution in [0.15, 0.2) is 47.4 Å². The minimum Gasteiger partial charge on any atom is -0.361 e. The number of nitrogens with one attached hydrogen (secondary N) is 1. The largest absolute Gasteiger partial charge is 0.361 e. The maximum Gasteiger partial charge on any atom is 0.243 e. The Balaban J connectivity index is 1.72. The van der Waals surface area contributed by atoms with E-state index in [9.17, 15) is 9.18 Å². The van der Waals surface area contributed by atoms with E-state index in [0.717, 1.165) is 24.4 Å². The molecule has 0 radical (unpaired) electrons. The molecule has 0 spiro atoms. The van der Waals surface area contributed by atoms with Crippen LogP contribution < -0.4 is 10.2 Å². The van der Waals surface area contributed by atoms with Gasteiger partial charge < -0.3 is 10.2 Å². The minimum absolute atomic E-state index is 0.150. The molecular formula is C17H16ClFN2OS. The lowest BCUT2D eigenvalue weighted by Gasteiger charge is -2.23. The molecule has 2 aromatic rings. The molecule has 0 aliphatic carbocycles. The first-order valence-corrected chi connectivity index (χ1v) is 8.71. The van der Waals surface area contributed by atoms with E-state index >= 15 is 0 Å². The Morgan fingerprint density at radius 1 is 1.30 bits per heavy atom. The molecular weight excluding hydrogens is 335 g/mol. The molecule has 0 atom stereocenters. The van der Waals surface area contributed by atoms with Gasteiger partial charge in [-0.15, -0.1) is 11.8 Å². The zero-order valence-electron chi connectivity index (χ0n) is 12.4. The van der Waals surface area contributed by atoms with Crippen molar-refractivity contribution in [3.63, 3.8) is 0 Å². The molecule has 3 rings (SSSR count). The fourth-order valence-electron chi connectivity index (χ4n) is 2.52. The minimum atomic E-state index is -0.530. The normalized spacial score (nSPS) is 14.1. The van der Waals surface area contributed by atoms with Crippen LogP contribution in [0.1, 0.15) is 6.42 Å². The van der Waals surface area contributed by atoms with E-state index in [1.165, 1.54) is 17.0 Å². The van der Waals surface area contributed by atoms with Crippen molar-refractivity contribution in [2.45, 2.75) is 11.3 Å². The SMILES string of the molecule is O=C(CN1CCCSc2ccccc21)Nc1ccc(Cl)cc1F. The lowest BCUT2D eigenvalue weighted by molar-refractivity contribution is -0.115. The Labute approximate surface area is 143 Å². The summed E-state index contributed by atoms with van der Waals surface area (Å²) in [6.07, 6.45) is 1.00. The number of benzene rings is 2. The molecule has 1 aliphatic heterocycles. The molecule has 0 fully saturated rings. The molecule has 6 heteroatoms. The first-order chi connectivity index (χ1) is 11.1. The number of para-hydroxylation sites is 1. The van der Waals surface area contributed by atoms with Gasteiger partial charge in [0.2, 0.25) is 5.91 Å². The molecule has 1 amide bonds. The van der Waals surface area contributed by atoms with Gasteiger partial charge in [-0.3, -0.25) is 4.79 Å². The summed E-state index contributed by atoms with van der Waals surface area (Å²) in [4.78, 5) is 15.5. The number of hydrogen-bond acceptors (Lipinski definition) is 3. The summed E-state index contributed by atoms with van der Waals surface area (Å²) in [5, 5.41) is 2.92. The predicted octanol–water partition coefficient (Wildman–Crippen LogP) is 4.42. The van der Waals surface area contributed by atoms with E-state index in [4.69, 9.17) is 11.6 Å². The van der Waals surface area contributed by atoms with Crippen LogP contribution >= 0.6 is 23.4 Å². The third kappa shape index (κ3) is 3.98. The molecule has 3 nitrogen and oxygen atoms in total. The maximum absolute atomic E-state index is 13.8. The molecule has 1 aliphatic rings. The van der Waals surface area contributed by atoms with Crippen molar-refractivity contribution in [3.05, 3.63) is 53.3 Å². The molecule has 0 bridgehead atoms. The maximum atomic E-state index is 13.8. The number of halogens is 2. The molecule has 1 heterocycles. The van der Waals surface area contributed by atoms with Gasteiger partial charge >= 0.3 is 0 Å². The molecule has 0 saturated carbocycles. The number of fused-ring (bicyclic) bond motifs is 1. The lowest BCUT2D eigenvalue weighted by atomic mass is 10.2. The van der Waals surface area contributed by atoms with E-state index in [2.05, 4.69) is 11.4 Å². The number of anilines is 2. The van der Waals surface area contributed by atoms with Gasteiger partial charge in [0.05, 0.1) is 17.9 Å². The van der Waals surface area contributed by atoms with Crippen molar-refractivity contribution in [1.29, 1.82) is 0 Å². The van der Waals surface area contributed by atoms with Crippen LogP contribution in [0.25, 0.3) is 0 Å². The van der Waals surface area contributed by atoms with Gasteiger partial charge in [0.25, 0.3) is 0 Å². The number of carbonyl (C=O) groups excluding carboxylic acids is 1. The summed E-state index contributed by atoms with van der Waals surface area (Å²) in [5.41, 5.74) is 1.21. The topological polar surface area (TPSA) is 32.3 Å². The lowest BCUT2D eigenvalue weighted by Crippen LogP contribution is -2.34. The summed E-state index contributed by atoms with van der Waals surface area (Å²) in [7, 11) is 0. The molecule has 0 saturated heterocycles. The third-order valence-corrected chi connectivity index (χ3v) is 4.96. The van der Waals surface area contributed by atoms with Gasteiger partial charge in [0, 0.05) is 16.5 Å². The Morgan fingerprint density at radius 2 is 2.13 bits per heavy atom. The quantitative estimate of drug-likeness (QED) is 0.889.